The Balaban J connectivity index is 1.87. The molecule has 114 valence electrons. The second-order valence-corrected chi connectivity index (χ2v) is 5.78. The maximum absolute atomic E-state index is 12.1. The zero-order valence-corrected chi connectivity index (χ0v) is 13.2. The number of aryl methyl sites for hydroxylation is 1. The quantitative estimate of drug-likeness (QED) is 0.839. The number of carbonyl (C=O) groups is 1. The molecule has 0 spiro atoms. The molecule has 0 heterocycles. The average molecular weight is 287 g/mol. The SMILES string of the molecule is Cc1cccc(O[C@@H](C)C(=O)NCC2=CCCCC2)c1C. The van der Waals surface area contributed by atoms with E-state index in [0.717, 1.165) is 24.2 Å². The van der Waals surface area contributed by atoms with Gasteiger partial charge in [0.05, 0.1) is 0 Å². The van der Waals surface area contributed by atoms with Crippen LogP contribution in [0.2, 0.25) is 0 Å². The van der Waals surface area contributed by atoms with E-state index in [1.807, 2.05) is 32.0 Å². The van der Waals surface area contributed by atoms with E-state index in [-0.39, 0.29) is 5.91 Å². The molecule has 1 aliphatic rings. The number of hydrogen-bond acceptors (Lipinski definition) is 2. The second-order valence-electron chi connectivity index (χ2n) is 5.78. The van der Waals surface area contributed by atoms with Crippen LogP contribution in [0, 0.1) is 13.8 Å². The Morgan fingerprint density at radius 2 is 2.14 bits per heavy atom. The van der Waals surface area contributed by atoms with E-state index in [9.17, 15) is 4.79 Å². The summed E-state index contributed by atoms with van der Waals surface area (Å²) in [5, 5.41) is 2.97. The fourth-order valence-corrected chi connectivity index (χ4v) is 2.51. The smallest absolute Gasteiger partial charge is 0.261 e. The van der Waals surface area contributed by atoms with E-state index in [1.165, 1.54) is 24.0 Å². The molecule has 1 aromatic rings. The maximum atomic E-state index is 12.1. The van der Waals surface area contributed by atoms with Crippen LogP contribution in [0.4, 0.5) is 0 Å². The van der Waals surface area contributed by atoms with Gasteiger partial charge in [0.25, 0.3) is 5.91 Å². The minimum Gasteiger partial charge on any atom is -0.481 e. The number of allylic oxidation sites excluding steroid dienone is 1. The number of benzene rings is 1. The van der Waals surface area contributed by atoms with Crippen LogP contribution in [0.5, 0.6) is 5.75 Å². The van der Waals surface area contributed by atoms with Gasteiger partial charge in [-0.25, -0.2) is 0 Å². The van der Waals surface area contributed by atoms with Crippen LogP contribution in [0.25, 0.3) is 0 Å². The highest BCUT2D eigenvalue weighted by molar-refractivity contribution is 5.81. The second kappa shape index (κ2) is 7.30. The van der Waals surface area contributed by atoms with Crippen LogP contribution < -0.4 is 10.1 Å². The van der Waals surface area contributed by atoms with Crippen LogP contribution in [0.15, 0.2) is 29.8 Å². The molecule has 2 rings (SSSR count). The molecule has 0 radical (unpaired) electrons. The molecule has 3 heteroatoms. The van der Waals surface area contributed by atoms with E-state index in [2.05, 4.69) is 11.4 Å². The van der Waals surface area contributed by atoms with Crippen LogP contribution >= 0.6 is 0 Å². The molecule has 1 aliphatic carbocycles. The van der Waals surface area contributed by atoms with Crippen LogP contribution in [0.3, 0.4) is 0 Å². The predicted octanol–water partition coefficient (Wildman–Crippen LogP) is 3.69. The molecule has 21 heavy (non-hydrogen) atoms. The Morgan fingerprint density at radius 1 is 1.33 bits per heavy atom. The van der Waals surface area contributed by atoms with Gasteiger partial charge in [-0.2, -0.15) is 0 Å². The highest BCUT2D eigenvalue weighted by Crippen LogP contribution is 2.22. The summed E-state index contributed by atoms with van der Waals surface area (Å²) in [6.45, 7) is 6.51. The Bertz CT molecular complexity index is 534. The van der Waals surface area contributed by atoms with E-state index in [4.69, 9.17) is 4.74 Å². The molecule has 1 N–H and O–H groups in total. The molecule has 0 aliphatic heterocycles. The minimum absolute atomic E-state index is 0.0534. The zero-order chi connectivity index (χ0) is 15.2. The lowest BCUT2D eigenvalue weighted by Crippen LogP contribution is -2.37. The molecule has 0 saturated carbocycles. The van der Waals surface area contributed by atoms with Crippen molar-refractivity contribution in [3.8, 4) is 5.75 Å². The third-order valence-electron chi connectivity index (χ3n) is 4.10. The van der Waals surface area contributed by atoms with Crippen molar-refractivity contribution in [1.29, 1.82) is 0 Å². The first kappa shape index (κ1) is 15.6. The summed E-state index contributed by atoms with van der Waals surface area (Å²) in [6, 6.07) is 5.91. The van der Waals surface area contributed by atoms with Gasteiger partial charge in [0.15, 0.2) is 6.10 Å². The van der Waals surface area contributed by atoms with Crippen molar-refractivity contribution in [2.75, 3.05) is 6.54 Å². The Kier molecular flexibility index (Phi) is 5.43. The lowest BCUT2D eigenvalue weighted by molar-refractivity contribution is -0.127. The van der Waals surface area contributed by atoms with Crippen molar-refractivity contribution in [2.45, 2.75) is 52.6 Å². The Labute approximate surface area is 127 Å². The van der Waals surface area contributed by atoms with Crippen molar-refractivity contribution in [3.63, 3.8) is 0 Å². The van der Waals surface area contributed by atoms with Crippen molar-refractivity contribution < 1.29 is 9.53 Å². The van der Waals surface area contributed by atoms with Crippen LogP contribution in [-0.4, -0.2) is 18.6 Å². The molecule has 1 aromatic carbocycles. The number of rotatable bonds is 5. The van der Waals surface area contributed by atoms with Crippen molar-refractivity contribution in [2.24, 2.45) is 0 Å². The molecule has 1 amide bonds. The summed E-state index contributed by atoms with van der Waals surface area (Å²) in [4.78, 5) is 12.1. The molecule has 0 fully saturated rings. The first-order valence-electron chi connectivity index (χ1n) is 7.76. The van der Waals surface area contributed by atoms with Gasteiger partial charge in [-0.05, 0) is 63.6 Å². The monoisotopic (exact) mass is 287 g/mol. The molecule has 0 saturated heterocycles. The first-order valence-corrected chi connectivity index (χ1v) is 7.76. The van der Waals surface area contributed by atoms with Gasteiger partial charge in [-0.15, -0.1) is 0 Å². The van der Waals surface area contributed by atoms with E-state index < -0.39 is 6.10 Å². The number of ether oxygens (including phenoxy) is 1. The Morgan fingerprint density at radius 3 is 2.86 bits per heavy atom. The molecule has 1 atom stereocenters. The van der Waals surface area contributed by atoms with Gasteiger partial charge >= 0.3 is 0 Å². The summed E-state index contributed by atoms with van der Waals surface area (Å²) in [5.41, 5.74) is 3.60. The highest BCUT2D eigenvalue weighted by atomic mass is 16.5. The summed E-state index contributed by atoms with van der Waals surface area (Å²) >= 11 is 0. The maximum Gasteiger partial charge on any atom is 0.261 e. The van der Waals surface area contributed by atoms with Crippen molar-refractivity contribution in [1.82, 2.24) is 5.32 Å². The largest absolute Gasteiger partial charge is 0.481 e. The van der Waals surface area contributed by atoms with E-state index >= 15 is 0 Å². The summed E-state index contributed by atoms with van der Waals surface area (Å²) < 4.78 is 5.80. The molecular formula is C18H25NO2. The lowest BCUT2D eigenvalue weighted by atomic mass is 10.00. The van der Waals surface area contributed by atoms with Gasteiger partial charge in [0.2, 0.25) is 0 Å². The number of hydrogen-bond donors (Lipinski definition) is 1. The summed E-state index contributed by atoms with van der Waals surface area (Å²) in [7, 11) is 0. The minimum atomic E-state index is -0.477. The topological polar surface area (TPSA) is 38.3 Å². The number of amides is 1. The Hall–Kier alpha value is -1.77. The average Bonchev–Trinajstić information content (AvgIpc) is 2.50. The fourth-order valence-electron chi connectivity index (χ4n) is 2.51. The highest BCUT2D eigenvalue weighted by Gasteiger charge is 2.16. The lowest BCUT2D eigenvalue weighted by Gasteiger charge is -2.18. The van der Waals surface area contributed by atoms with Crippen LogP contribution in [0.1, 0.15) is 43.7 Å². The zero-order valence-electron chi connectivity index (χ0n) is 13.2. The van der Waals surface area contributed by atoms with Gasteiger partial charge in [-0.3, -0.25) is 4.79 Å². The fraction of sp³-hybridized carbons (Fsp3) is 0.500. The molecule has 0 bridgehead atoms. The standard InChI is InChI=1S/C18H25NO2/c1-13-8-7-11-17(14(13)2)21-15(3)18(20)19-12-16-9-5-4-6-10-16/h7-9,11,15H,4-6,10,12H2,1-3H3,(H,19,20)/t15-/m0/s1. The van der Waals surface area contributed by atoms with Crippen molar-refractivity contribution >= 4 is 5.91 Å². The normalized spacial score (nSPS) is 16.0. The summed E-state index contributed by atoms with van der Waals surface area (Å²) in [6.07, 6.45) is 6.52. The van der Waals surface area contributed by atoms with Gasteiger partial charge < -0.3 is 10.1 Å². The summed E-state index contributed by atoms with van der Waals surface area (Å²) in [5.74, 6) is 0.733. The molecule has 0 aromatic heterocycles. The van der Waals surface area contributed by atoms with E-state index in [0.29, 0.717) is 6.54 Å². The number of carbonyl (C=O) groups excluding carboxylic acids is 1. The number of nitrogens with one attached hydrogen (secondary N) is 1. The van der Waals surface area contributed by atoms with Crippen molar-refractivity contribution in [3.05, 3.63) is 41.0 Å². The van der Waals surface area contributed by atoms with Gasteiger partial charge in [0, 0.05) is 6.54 Å². The third kappa shape index (κ3) is 4.35. The van der Waals surface area contributed by atoms with Gasteiger partial charge in [-0.1, -0.05) is 23.8 Å². The van der Waals surface area contributed by atoms with Gasteiger partial charge in [0.1, 0.15) is 5.75 Å². The molecule has 0 unspecified atom stereocenters. The third-order valence-corrected chi connectivity index (χ3v) is 4.10. The molecular weight excluding hydrogens is 262 g/mol. The first-order chi connectivity index (χ1) is 10.1. The molecule has 3 nitrogen and oxygen atoms in total. The van der Waals surface area contributed by atoms with E-state index in [1.54, 1.807) is 6.92 Å². The van der Waals surface area contributed by atoms with Crippen LogP contribution in [-0.2, 0) is 4.79 Å². The predicted molar refractivity (Wildman–Crippen MR) is 85.6 cm³/mol.